The summed E-state index contributed by atoms with van der Waals surface area (Å²) >= 11 is 0. The van der Waals surface area contributed by atoms with Crippen LogP contribution in [-0.4, -0.2) is 45.5 Å². The molecule has 0 fully saturated rings. The number of hydrogen-bond donors (Lipinski definition) is 4. The van der Waals surface area contributed by atoms with Crippen LogP contribution in [0.15, 0.2) is 84.0 Å². The van der Waals surface area contributed by atoms with E-state index < -0.39 is 11.6 Å². The van der Waals surface area contributed by atoms with Gasteiger partial charge in [0.25, 0.3) is 5.56 Å². The highest BCUT2D eigenvalue weighted by molar-refractivity contribution is 5.99. The molecule has 0 aliphatic heterocycles. The minimum absolute atomic E-state index is 0.0752. The molecule has 0 radical (unpaired) electrons. The normalized spacial score (nSPS) is 10.9. The van der Waals surface area contributed by atoms with Gasteiger partial charge in [0.15, 0.2) is 0 Å². The number of aromatic amines is 1. The minimum Gasteiger partial charge on any atom is -0.331 e. The summed E-state index contributed by atoms with van der Waals surface area (Å²) in [7, 11) is 0. The highest BCUT2D eigenvalue weighted by Crippen LogP contribution is 2.18. The van der Waals surface area contributed by atoms with Crippen LogP contribution in [0.25, 0.3) is 11.1 Å². The number of pyridine rings is 1. The number of nitrogens with one attached hydrogen (secondary N) is 3. The number of nitrogens with zero attached hydrogens (tertiary/aromatic N) is 3. The molecule has 0 unspecified atom stereocenters. The van der Waals surface area contributed by atoms with Crippen molar-refractivity contribution >= 4 is 17.7 Å². The summed E-state index contributed by atoms with van der Waals surface area (Å²) in [5.74, 6) is 0.0752. The fourth-order valence-corrected chi connectivity index (χ4v) is 4.11. The van der Waals surface area contributed by atoms with Crippen LogP contribution in [0.2, 0.25) is 0 Å². The molecule has 2 amide bonds. The van der Waals surface area contributed by atoms with Crippen molar-refractivity contribution in [3.8, 4) is 11.1 Å². The molecule has 196 valence electrons. The Kier molecular flexibility index (Phi) is 9.33. The van der Waals surface area contributed by atoms with E-state index in [1.54, 1.807) is 12.3 Å². The highest BCUT2D eigenvalue weighted by Gasteiger charge is 2.11. The van der Waals surface area contributed by atoms with Crippen LogP contribution >= 0.6 is 0 Å². The van der Waals surface area contributed by atoms with Crippen molar-refractivity contribution in [2.45, 2.75) is 26.3 Å². The largest absolute Gasteiger partial charge is 0.331 e. The zero-order valence-corrected chi connectivity index (χ0v) is 21.5. The van der Waals surface area contributed by atoms with Gasteiger partial charge in [0.05, 0.1) is 5.56 Å². The maximum absolute atomic E-state index is 12.7. The molecular formula is C29H33N7O2. The average molecular weight is 512 g/mol. The van der Waals surface area contributed by atoms with E-state index in [0.717, 1.165) is 49.2 Å². The molecule has 0 bridgehead atoms. The van der Waals surface area contributed by atoms with Gasteiger partial charge in [0.1, 0.15) is 0 Å². The van der Waals surface area contributed by atoms with E-state index in [0.29, 0.717) is 17.8 Å². The average Bonchev–Trinajstić information content (AvgIpc) is 2.93. The van der Waals surface area contributed by atoms with Crippen molar-refractivity contribution in [1.29, 1.82) is 0 Å². The first-order valence-corrected chi connectivity index (χ1v) is 12.7. The molecule has 5 N–H and O–H groups in total. The summed E-state index contributed by atoms with van der Waals surface area (Å²) in [5.41, 5.74) is 10.5. The van der Waals surface area contributed by atoms with E-state index in [1.165, 1.54) is 5.56 Å². The van der Waals surface area contributed by atoms with Crippen molar-refractivity contribution in [3.05, 3.63) is 106 Å². The van der Waals surface area contributed by atoms with Crippen molar-refractivity contribution in [2.75, 3.05) is 30.3 Å². The molecule has 9 heteroatoms. The second kappa shape index (κ2) is 13.3. The lowest BCUT2D eigenvalue weighted by Gasteiger charge is -2.22. The van der Waals surface area contributed by atoms with Gasteiger partial charge < -0.3 is 16.0 Å². The SMILES string of the molecule is Cc1ccccc1NC(=O)Nc1nc(=O)c(-c2ccc(CN(CCCN)CCc3ccncc3)cc2)c[nH]1. The summed E-state index contributed by atoms with van der Waals surface area (Å²) in [6, 6.07) is 18.9. The van der Waals surface area contributed by atoms with Crippen LogP contribution in [0.4, 0.5) is 16.4 Å². The Labute approximate surface area is 222 Å². The first-order chi connectivity index (χ1) is 18.5. The van der Waals surface area contributed by atoms with Gasteiger partial charge in [-0.25, -0.2) is 4.79 Å². The summed E-state index contributed by atoms with van der Waals surface area (Å²) < 4.78 is 0. The minimum atomic E-state index is -0.484. The van der Waals surface area contributed by atoms with Crippen LogP contribution < -0.4 is 21.9 Å². The molecule has 4 aromatic rings. The van der Waals surface area contributed by atoms with Crippen LogP contribution in [-0.2, 0) is 13.0 Å². The maximum atomic E-state index is 12.7. The predicted molar refractivity (Wildman–Crippen MR) is 151 cm³/mol. The number of nitrogens with two attached hydrogens (primary N) is 1. The smallest absolute Gasteiger partial charge is 0.326 e. The summed E-state index contributed by atoms with van der Waals surface area (Å²) in [4.78, 5) is 38.4. The second-order valence-corrected chi connectivity index (χ2v) is 9.08. The molecular weight excluding hydrogens is 478 g/mol. The number of amides is 2. The summed E-state index contributed by atoms with van der Waals surface area (Å²) in [6.07, 6.45) is 7.07. The highest BCUT2D eigenvalue weighted by atomic mass is 16.2. The third kappa shape index (κ3) is 7.58. The van der Waals surface area contributed by atoms with Gasteiger partial charge in [-0.1, -0.05) is 42.5 Å². The molecule has 4 rings (SSSR count). The number of H-pyrrole nitrogens is 1. The molecule has 2 heterocycles. The molecule has 9 nitrogen and oxygen atoms in total. The lowest BCUT2D eigenvalue weighted by molar-refractivity contribution is 0.262. The van der Waals surface area contributed by atoms with E-state index in [2.05, 4.69) is 30.5 Å². The maximum Gasteiger partial charge on any atom is 0.326 e. The molecule has 38 heavy (non-hydrogen) atoms. The van der Waals surface area contributed by atoms with Crippen LogP contribution in [0.1, 0.15) is 23.1 Å². The van der Waals surface area contributed by atoms with E-state index in [4.69, 9.17) is 5.73 Å². The van der Waals surface area contributed by atoms with Crippen LogP contribution in [0, 0.1) is 6.92 Å². The molecule has 2 aromatic heterocycles. The van der Waals surface area contributed by atoms with Crippen molar-refractivity contribution in [1.82, 2.24) is 19.9 Å². The Morgan fingerprint density at radius 2 is 1.74 bits per heavy atom. The Hall–Kier alpha value is -4.34. The second-order valence-electron chi connectivity index (χ2n) is 9.08. The van der Waals surface area contributed by atoms with Crippen molar-refractivity contribution < 1.29 is 4.79 Å². The van der Waals surface area contributed by atoms with Crippen LogP contribution in [0.5, 0.6) is 0 Å². The van der Waals surface area contributed by atoms with Gasteiger partial charge in [0, 0.05) is 37.4 Å². The van der Waals surface area contributed by atoms with Crippen LogP contribution in [0.3, 0.4) is 0 Å². The number of hydrogen-bond acceptors (Lipinski definition) is 6. The Morgan fingerprint density at radius 3 is 2.45 bits per heavy atom. The molecule has 0 atom stereocenters. The number of benzene rings is 2. The van der Waals surface area contributed by atoms with Crippen molar-refractivity contribution in [2.24, 2.45) is 5.73 Å². The summed E-state index contributed by atoms with van der Waals surface area (Å²) in [5, 5.41) is 5.32. The number of aryl methyl sites for hydroxylation is 1. The molecule has 2 aromatic carbocycles. The zero-order chi connectivity index (χ0) is 26.7. The monoisotopic (exact) mass is 511 g/mol. The standard InChI is InChI=1S/C29H33N7O2/c1-21-5-2-3-6-26(21)33-29(38)35-28-32-19-25(27(37)34-28)24-9-7-23(8-10-24)20-36(17-4-14-30)18-13-22-11-15-31-16-12-22/h2-3,5-12,15-16,19H,4,13-14,17-18,20,30H2,1H3,(H3,32,33,34,35,37,38). The lowest BCUT2D eigenvalue weighted by atomic mass is 10.1. The lowest BCUT2D eigenvalue weighted by Crippen LogP contribution is -2.28. The van der Waals surface area contributed by atoms with Gasteiger partial charge in [-0.3, -0.25) is 20.0 Å². The number of rotatable bonds is 11. The topological polar surface area (TPSA) is 129 Å². The number of para-hydroxylation sites is 1. The Bertz CT molecular complexity index is 1390. The third-order valence-electron chi connectivity index (χ3n) is 6.24. The van der Waals surface area contributed by atoms with Gasteiger partial charge >= 0.3 is 6.03 Å². The van der Waals surface area contributed by atoms with E-state index in [9.17, 15) is 9.59 Å². The molecule has 0 saturated carbocycles. The predicted octanol–water partition coefficient (Wildman–Crippen LogP) is 4.18. The van der Waals surface area contributed by atoms with Gasteiger partial charge in [0.2, 0.25) is 5.95 Å². The third-order valence-corrected chi connectivity index (χ3v) is 6.24. The fourth-order valence-electron chi connectivity index (χ4n) is 4.11. The zero-order valence-electron chi connectivity index (χ0n) is 21.5. The fraction of sp³-hybridized carbons (Fsp3) is 0.241. The first-order valence-electron chi connectivity index (χ1n) is 12.7. The van der Waals surface area contributed by atoms with E-state index in [1.807, 2.05) is 73.9 Å². The Balaban J connectivity index is 1.38. The van der Waals surface area contributed by atoms with Gasteiger partial charge in [-0.05, 0) is 73.3 Å². The first kappa shape index (κ1) is 26.7. The molecule has 0 spiro atoms. The molecule has 0 saturated heterocycles. The number of carbonyl (C=O) groups is 1. The molecule has 0 aliphatic rings. The van der Waals surface area contributed by atoms with Crippen molar-refractivity contribution in [3.63, 3.8) is 0 Å². The van der Waals surface area contributed by atoms with Gasteiger partial charge in [-0.15, -0.1) is 0 Å². The Morgan fingerprint density at radius 1 is 0.974 bits per heavy atom. The van der Waals surface area contributed by atoms with Gasteiger partial charge in [-0.2, -0.15) is 4.98 Å². The quantitative estimate of drug-likeness (QED) is 0.239. The van der Waals surface area contributed by atoms with E-state index in [-0.39, 0.29) is 5.95 Å². The number of aromatic nitrogens is 3. The van der Waals surface area contributed by atoms with E-state index >= 15 is 0 Å². The number of urea groups is 1. The number of carbonyl (C=O) groups excluding carboxylic acids is 1. The number of anilines is 2. The summed E-state index contributed by atoms with van der Waals surface area (Å²) in [6.45, 7) is 5.17. The molecule has 0 aliphatic carbocycles.